The highest BCUT2D eigenvalue weighted by Crippen LogP contribution is 2.55. The summed E-state index contributed by atoms with van der Waals surface area (Å²) in [6, 6.07) is 36.5. The largest absolute Gasteiger partial charge is 0.376 e. The molecule has 5 aromatic rings. The van der Waals surface area contributed by atoms with E-state index in [1.165, 1.54) is 0 Å². The Morgan fingerprint density at radius 2 is 1.27 bits per heavy atom. The van der Waals surface area contributed by atoms with Crippen LogP contribution in [0.2, 0.25) is 0 Å². The Morgan fingerprint density at radius 1 is 0.633 bits per heavy atom. The molecule has 1 aliphatic carbocycles. The highest BCUT2D eigenvalue weighted by molar-refractivity contribution is 6.01. The lowest BCUT2D eigenvalue weighted by Gasteiger charge is -2.28. The molecule has 2 nitrogen and oxygen atoms in total. The maximum absolute atomic E-state index is 12.4. The van der Waals surface area contributed by atoms with Crippen molar-refractivity contribution >= 4 is 10.9 Å². The van der Waals surface area contributed by atoms with Gasteiger partial charge < -0.3 is 5.11 Å². The van der Waals surface area contributed by atoms with Crippen molar-refractivity contribution in [3.05, 3.63) is 126 Å². The van der Waals surface area contributed by atoms with Crippen LogP contribution in [0, 0.1) is 0 Å². The van der Waals surface area contributed by atoms with Crippen molar-refractivity contribution in [3.8, 4) is 22.4 Å². The Morgan fingerprint density at radius 3 is 2.07 bits per heavy atom. The number of hydrogen-bond acceptors (Lipinski definition) is 2. The molecule has 0 spiro atoms. The average molecular weight is 385 g/mol. The van der Waals surface area contributed by atoms with Crippen molar-refractivity contribution in [3.63, 3.8) is 0 Å². The van der Waals surface area contributed by atoms with Crippen LogP contribution in [0.3, 0.4) is 0 Å². The summed E-state index contributed by atoms with van der Waals surface area (Å²) in [4.78, 5) is 5.06. The zero-order chi connectivity index (χ0) is 20.1. The predicted molar refractivity (Wildman–Crippen MR) is 121 cm³/mol. The second-order valence-electron chi connectivity index (χ2n) is 7.72. The third kappa shape index (κ3) is 2.25. The molecule has 6 rings (SSSR count). The van der Waals surface area contributed by atoms with Gasteiger partial charge in [0.15, 0.2) is 0 Å². The number of benzene rings is 4. The van der Waals surface area contributed by atoms with Gasteiger partial charge >= 0.3 is 0 Å². The van der Waals surface area contributed by atoms with Crippen molar-refractivity contribution in [1.82, 2.24) is 4.98 Å². The van der Waals surface area contributed by atoms with E-state index in [0.29, 0.717) is 0 Å². The second-order valence-corrected chi connectivity index (χ2v) is 7.72. The summed E-state index contributed by atoms with van der Waals surface area (Å²) in [6.07, 6.45) is 0. The summed E-state index contributed by atoms with van der Waals surface area (Å²) in [7, 11) is 0. The fourth-order valence-corrected chi connectivity index (χ4v) is 4.79. The summed E-state index contributed by atoms with van der Waals surface area (Å²) >= 11 is 0. The molecule has 1 aliphatic rings. The fraction of sp³-hybridized carbons (Fsp3) is 0.0357. The molecule has 142 valence electrons. The maximum atomic E-state index is 12.4. The molecule has 1 aromatic heterocycles. The zero-order valence-electron chi connectivity index (χ0n) is 16.3. The first kappa shape index (κ1) is 17.1. The van der Waals surface area contributed by atoms with Crippen molar-refractivity contribution < 1.29 is 5.11 Å². The SMILES string of the molecule is OC1(c2ccccc2)c2ccccc2-c2c(-c3ccccc3)nc3ccccc3c21. The Hall–Kier alpha value is -3.75. The van der Waals surface area contributed by atoms with Gasteiger partial charge in [-0.2, -0.15) is 0 Å². The van der Waals surface area contributed by atoms with E-state index in [2.05, 4.69) is 24.3 Å². The molecule has 2 heteroatoms. The van der Waals surface area contributed by atoms with Crippen LogP contribution in [-0.4, -0.2) is 10.1 Å². The van der Waals surface area contributed by atoms with Gasteiger partial charge in [-0.3, -0.25) is 0 Å². The third-order valence-electron chi connectivity index (χ3n) is 6.08. The normalized spacial score (nSPS) is 17.0. The van der Waals surface area contributed by atoms with Gasteiger partial charge in [-0.05, 0) is 17.2 Å². The van der Waals surface area contributed by atoms with E-state index in [9.17, 15) is 5.11 Å². The van der Waals surface area contributed by atoms with Crippen molar-refractivity contribution in [2.45, 2.75) is 5.60 Å². The lowest BCUT2D eigenvalue weighted by atomic mass is 9.82. The number of hydrogen-bond donors (Lipinski definition) is 1. The van der Waals surface area contributed by atoms with Gasteiger partial charge in [0.25, 0.3) is 0 Å². The number of pyridine rings is 1. The summed E-state index contributed by atoms with van der Waals surface area (Å²) in [5.74, 6) is 0. The molecule has 0 aliphatic heterocycles. The molecule has 0 bridgehead atoms. The van der Waals surface area contributed by atoms with Gasteiger partial charge in [0.2, 0.25) is 0 Å². The molecule has 0 radical (unpaired) electrons. The molecule has 0 fully saturated rings. The van der Waals surface area contributed by atoms with E-state index in [-0.39, 0.29) is 0 Å². The van der Waals surface area contributed by atoms with E-state index in [0.717, 1.165) is 50.0 Å². The Kier molecular flexibility index (Phi) is 3.64. The van der Waals surface area contributed by atoms with Gasteiger partial charge in [-0.15, -0.1) is 0 Å². The van der Waals surface area contributed by atoms with Crippen LogP contribution in [0.15, 0.2) is 109 Å². The predicted octanol–water partition coefficient (Wildman–Crippen LogP) is 6.17. The third-order valence-corrected chi connectivity index (χ3v) is 6.08. The topological polar surface area (TPSA) is 33.1 Å². The standard InChI is InChI=1S/C28H19NO/c30-28(20-13-5-2-6-14-20)23-17-9-7-15-21(23)25-26(28)22-16-8-10-18-24(22)29-27(25)19-11-3-1-4-12-19/h1-18,30H. The molecular formula is C28H19NO. The lowest BCUT2D eigenvalue weighted by Crippen LogP contribution is -2.26. The van der Waals surface area contributed by atoms with Crippen LogP contribution >= 0.6 is 0 Å². The number of fused-ring (bicyclic) bond motifs is 5. The van der Waals surface area contributed by atoms with Gasteiger partial charge in [0.1, 0.15) is 5.60 Å². The molecule has 1 heterocycles. The molecule has 30 heavy (non-hydrogen) atoms. The summed E-state index contributed by atoms with van der Waals surface area (Å²) in [6.45, 7) is 0. The van der Waals surface area contributed by atoms with E-state index >= 15 is 0 Å². The molecule has 1 N–H and O–H groups in total. The minimum Gasteiger partial charge on any atom is -0.376 e. The van der Waals surface area contributed by atoms with Crippen molar-refractivity contribution in [2.75, 3.05) is 0 Å². The molecule has 0 saturated heterocycles. The van der Waals surface area contributed by atoms with Gasteiger partial charge in [0, 0.05) is 27.6 Å². The molecule has 0 amide bonds. The fourth-order valence-electron chi connectivity index (χ4n) is 4.79. The second kappa shape index (κ2) is 6.38. The Balaban J connectivity index is 1.83. The number of aliphatic hydroxyl groups is 1. The van der Waals surface area contributed by atoms with Crippen LogP contribution in [-0.2, 0) is 5.60 Å². The van der Waals surface area contributed by atoms with Crippen molar-refractivity contribution in [2.24, 2.45) is 0 Å². The first-order valence-corrected chi connectivity index (χ1v) is 10.1. The number of para-hydroxylation sites is 1. The first-order valence-electron chi connectivity index (χ1n) is 10.1. The summed E-state index contributed by atoms with van der Waals surface area (Å²) in [5.41, 5.74) is 6.34. The van der Waals surface area contributed by atoms with E-state index in [1.807, 2.05) is 84.9 Å². The summed E-state index contributed by atoms with van der Waals surface area (Å²) in [5, 5.41) is 13.4. The lowest BCUT2D eigenvalue weighted by molar-refractivity contribution is 0.132. The molecule has 4 aromatic carbocycles. The van der Waals surface area contributed by atoms with Gasteiger partial charge in [-0.1, -0.05) is 103 Å². The Bertz CT molecular complexity index is 1390. The average Bonchev–Trinajstić information content (AvgIpc) is 3.10. The first-order chi connectivity index (χ1) is 14.8. The molecule has 1 unspecified atom stereocenters. The van der Waals surface area contributed by atoms with Crippen LogP contribution < -0.4 is 0 Å². The van der Waals surface area contributed by atoms with Crippen molar-refractivity contribution in [1.29, 1.82) is 0 Å². The highest BCUT2D eigenvalue weighted by atomic mass is 16.3. The number of rotatable bonds is 2. The minimum atomic E-state index is -1.24. The van der Waals surface area contributed by atoms with E-state index < -0.39 is 5.60 Å². The summed E-state index contributed by atoms with van der Waals surface area (Å²) < 4.78 is 0. The van der Waals surface area contributed by atoms with Crippen LogP contribution in [0.1, 0.15) is 16.7 Å². The van der Waals surface area contributed by atoms with E-state index in [4.69, 9.17) is 4.98 Å². The Labute approximate surface area is 175 Å². The highest BCUT2D eigenvalue weighted by Gasteiger charge is 2.45. The minimum absolute atomic E-state index is 0.867. The quantitative estimate of drug-likeness (QED) is 0.394. The van der Waals surface area contributed by atoms with Crippen LogP contribution in [0.4, 0.5) is 0 Å². The monoisotopic (exact) mass is 385 g/mol. The molecular weight excluding hydrogens is 366 g/mol. The molecule has 0 saturated carbocycles. The van der Waals surface area contributed by atoms with E-state index in [1.54, 1.807) is 0 Å². The van der Waals surface area contributed by atoms with Gasteiger partial charge in [-0.25, -0.2) is 4.98 Å². The maximum Gasteiger partial charge on any atom is 0.142 e. The smallest absolute Gasteiger partial charge is 0.142 e. The number of nitrogens with zero attached hydrogens (tertiary/aromatic N) is 1. The van der Waals surface area contributed by atoms with Crippen LogP contribution in [0.25, 0.3) is 33.3 Å². The number of aromatic nitrogens is 1. The van der Waals surface area contributed by atoms with Crippen LogP contribution in [0.5, 0.6) is 0 Å². The molecule has 1 atom stereocenters. The zero-order valence-corrected chi connectivity index (χ0v) is 16.3. The van der Waals surface area contributed by atoms with Gasteiger partial charge in [0.05, 0.1) is 11.2 Å².